The summed E-state index contributed by atoms with van der Waals surface area (Å²) in [6.07, 6.45) is 3.43. The highest BCUT2D eigenvalue weighted by Crippen LogP contribution is 2.33. The fourth-order valence-electron chi connectivity index (χ4n) is 2.64. The molecule has 1 unspecified atom stereocenters. The summed E-state index contributed by atoms with van der Waals surface area (Å²) in [6.45, 7) is 2.25. The molecular formula is C19H24O2. The highest BCUT2D eigenvalue weighted by molar-refractivity contribution is 5.42. The molecule has 0 bridgehead atoms. The van der Waals surface area contributed by atoms with Crippen LogP contribution in [0.25, 0.3) is 0 Å². The van der Waals surface area contributed by atoms with Crippen molar-refractivity contribution in [2.45, 2.75) is 32.1 Å². The third kappa shape index (κ3) is 4.25. The van der Waals surface area contributed by atoms with Crippen molar-refractivity contribution < 1.29 is 9.47 Å². The predicted octanol–water partition coefficient (Wildman–Crippen LogP) is 4.83. The van der Waals surface area contributed by atoms with Crippen molar-refractivity contribution in [1.29, 1.82) is 0 Å². The molecule has 0 saturated heterocycles. The number of benzene rings is 2. The molecule has 0 spiro atoms. The van der Waals surface area contributed by atoms with Crippen LogP contribution < -0.4 is 9.47 Å². The zero-order chi connectivity index (χ0) is 15.1. The minimum Gasteiger partial charge on any atom is -0.497 e. The molecule has 2 heteroatoms. The smallest absolute Gasteiger partial charge is 0.122 e. The van der Waals surface area contributed by atoms with Gasteiger partial charge in [0.05, 0.1) is 14.2 Å². The van der Waals surface area contributed by atoms with Crippen molar-refractivity contribution in [3.05, 3.63) is 59.7 Å². The second kappa shape index (κ2) is 7.72. The van der Waals surface area contributed by atoms with Gasteiger partial charge in [0.1, 0.15) is 11.5 Å². The van der Waals surface area contributed by atoms with Crippen LogP contribution in [0, 0.1) is 0 Å². The van der Waals surface area contributed by atoms with E-state index in [9.17, 15) is 0 Å². The maximum Gasteiger partial charge on any atom is 0.122 e. The zero-order valence-corrected chi connectivity index (χ0v) is 13.1. The third-order valence-electron chi connectivity index (χ3n) is 3.91. The van der Waals surface area contributed by atoms with Crippen molar-refractivity contribution in [1.82, 2.24) is 0 Å². The third-order valence-corrected chi connectivity index (χ3v) is 3.91. The Morgan fingerprint density at radius 3 is 2.38 bits per heavy atom. The molecule has 0 fully saturated rings. The van der Waals surface area contributed by atoms with E-state index in [4.69, 9.17) is 9.47 Å². The molecule has 112 valence electrons. The number of rotatable bonds is 7. The molecule has 1 atom stereocenters. The topological polar surface area (TPSA) is 18.5 Å². The van der Waals surface area contributed by atoms with Crippen LogP contribution in [-0.4, -0.2) is 14.2 Å². The second-order valence-corrected chi connectivity index (χ2v) is 5.39. The molecule has 0 aliphatic rings. The summed E-state index contributed by atoms with van der Waals surface area (Å²) in [5.74, 6) is 2.29. The number of ether oxygens (including phenoxy) is 2. The average molecular weight is 284 g/mol. The van der Waals surface area contributed by atoms with Gasteiger partial charge in [0, 0.05) is 5.56 Å². The van der Waals surface area contributed by atoms with Gasteiger partial charge in [-0.05, 0) is 48.9 Å². The highest BCUT2D eigenvalue weighted by atomic mass is 16.5. The van der Waals surface area contributed by atoms with Gasteiger partial charge in [-0.1, -0.05) is 37.3 Å². The number of aryl methyl sites for hydroxylation is 1. The first-order valence-corrected chi connectivity index (χ1v) is 7.50. The van der Waals surface area contributed by atoms with Gasteiger partial charge in [-0.25, -0.2) is 0 Å². The van der Waals surface area contributed by atoms with Gasteiger partial charge >= 0.3 is 0 Å². The normalized spacial score (nSPS) is 12.0. The lowest BCUT2D eigenvalue weighted by molar-refractivity contribution is 0.394. The SMILES string of the molecule is COc1ccc(OC)c(C(C)CCCc2ccccc2)c1. The lowest BCUT2D eigenvalue weighted by atomic mass is 9.93. The van der Waals surface area contributed by atoms with E-state index < -0.39 is 0 Å². The molecule has 0 aromatic heterocycles. The zero-order valence-electron chi connectivity index (χ0n) is 13.1. The highest BCUT2D eigenvalue weighted by Gasteiger charge is 2.12. The second-order valence-electron chi connectivity index (χ2n) is 5.39. The average Bonchev–Trinajstić information content (AvgIpc) is 2.55. The fraction of sp³-hybridized carbons (Fsp3) is 0.368. The molecule has 0 aliphatic heterocycles. The predicted molar refractivity (Wildman–Crippen MR) is 87.3 cm³/mol. The molecule has 0 N–H and O–H groups in total. The van der Waals surface area contributed by atoms with Crippen molar-refractivity contribution in [2.75, 3.05) is 14.2 Å². The fourth-order valence-corrected chi connectivity index (χ4v) is 2.64. The monoisotopic (exact) mass is 284 g/mol. The summed E-state index contributed by atoms with van der Waals surface area (Å²) in [6, 6.07) is 16.7. The van der Waals surface area contributed by atoms with Gasteiger partial charge in [-0.3, -0.25) is 0 Å². The summed E-state index contributed by atoms with van der Waals surface area (Å²) < 4.78 is 10.8. The van der Waals surface area contributed by atoms with Crippen molar-refractivity contribution in [2.24, 2.45) is 0 Å². The van der Waals surface area contributed by atoms with Crippen molar-refractivity contribution in [3.8, 4) is 11.5 Å². The standard InChI is InChI=1S/C19H24O2/c1-15(8-7-11-16-9-5-4-6-10-16)18-14-17(20-2)12-13-19(18)21-3/h4-6,9-10,12-15H,7-8,11H2,1-3H3. The summed E-state index contributed by atoms with van der Waals surface area (Å²) in [5.41, 5.74) is 2.63. The first-order valence-electron chi connectivity index (χ1n) is 7.50. The van der Waals surface area contributed by atoms with E-state index in [0.717, 1.165) is 24.3 Å². The molecule has 2 aromatic carbocycles. The molecule has 0 heterocycles. The van der Waals surface area contributed by atoms with Crippen molar-refractivity contribution >= 4 is 0 Å². The van der Waals surface area contributed by atoms with E-state index in [1.807, 2.05) is 12.1 Å². The lowest BCUT2D eigenvalue weighted by Crippen LogP contribution is -2.00. The number of hydrogen-bond acceptors (Lipinski definition) is 2. The van der Waals surface area contributed by atoms with E-state index in [2.05, 4.69) is 43.3 Å². The van der Waals surface area contributed by atoms with Crippen LogP contribution in [0.2, 0.25) is 0 Å². The molecule has 21 heavy (non-hydrogen) atoms. The molecule has 0 saturated carbocycles. The van der Waals surface area contributed by atoms with E-state index in [0.29, 0.717) is 5.92 Å². The van der Waals surface area contributed by atoms with Crippen LogP contribution in [0.3, 0.4) is 0 Å². The molecule has 0 radical (unpaired) electrons. The Hall–Kier alpha value is -1.96. The molecule has 2 aromatic rings. The minimum absolute atomic E-state index is 0.457. The Labute approximate surface area is 127 Å². The first kappa shape index (κ1) is 15.4. The van der Waals surface area contributed by atoms with Gasteiger partial charge in [-0.2, -0.15) is 0 Å². The van der Waals surface area contributed by atoms with E-state index in [-0.39, 0.29) is 0 Å². The Morgan fingerprint density at radius 1 is 0.952 bits per heavy atom. The van der Waals surface area contributed by atoms with Crippen LogP contribution >= 0.6 is 0 Å². The van der Waals surface area contributed by atoms with Gasteiger partial charge in [0.25, 0.3) is 0 Å². The molecular weight excluding hydrogens is 260 g/mol. The lowest BCUT2D eigenvalue weighted by Gasteiger charge is -2.16. The van der Waals surface area contributed by atoms with Crippen LogP contribution in [0.15, 0.2) is 48.5 Å². The van der Waals surface area contributed by atoms with Crippen LogP contribution in [-0.2, 0) is 6.42 Å². The van der Waals surface area contributed by atoms with Crippen LogP contribution in [0.4, 0.5) is 0 Å². The van der Waals surface area contributed by atoms with E-state index in [1.165, 1.54) is 17.5 Å². The van der Waals surface area contributed by atoms with Crippen LogP contribution in [0.1, 0.15) is 36.8 Å². The maximum absolute atomic E-state index is 5.48. The first-order chi connectivity index (χ1) is 10.2. The molecule has 2 rings (SSSR count). The molecule has 0 aliphatic carbocycles. The Morgan fingerprint density at radius 2 is 1.71 bits per heavy atom. The van der Waals surface area contributed by atoms with Gasteiger partial charge in [-0.15, -0.1) is 0 Å². The van der Waals surface area contributed by atoms with E-state index in [1.54, 1.807) is 14.2 Å². The summed E-state index contributed by atoms with van der Waals surface area (Å²) in [5, 5.41) is 0. The maximum atomic E-state index is 5.48. The minimum atomic E-state index is 0.457. The quantitative estimate of drug-likeness (QED) is 0.725. The Kier molecular flexibility index (Phi) is 5.68. The van der Waals surface area contributed by atoms with E-state index >= 15 is 0 Å². The van der Waals surface area contributed by atoms with Gasteiger partial charge in [0.2, 0.25) is 0 Å². The Bertz CT molecular complexity index is 549. The summed E-state index contributed by atoms with van der Waals surface area (Å²) in [7, 11) is 3.42. The summed E-state index contributed by atoms with van der Waals surface area (Å²) >= 11 is 0. The Balaban J connectivity index is 1.97. The summed E-state index contributed by atoms with van der Waals surface area (Å²) in [4.78, 5) is 0. The van der Waals surface area contributed by atoms with Crippen LogP contribution in [0.5, 0.6) is 11.5 Å². The number of hydrogen-bond donors (Lipinski definition) is 0. The van der Waals surface area contributed by atoms with Gasteiger partial charge in [0.15, 0.2) is 0 Å². The van der Waals surface area contributed by atoms with Crippen molar-refractivity contribution in [3.63, 3.8) is 0 Å². The number of methoxy groups -OCH3 is 2. The van der Waals surface area contributed by atoms with Gasteiger partial charge < -0.3 is 9.47 Å². The largest absolute Gasteiger partial charge is 0.497 e. The molecule has 2 nitrogen and oxygen atoms in total. The molecule has 0 amide bonds.